The van der Waals surface area contributed by atoms with E-state index in [0.29, 0.717) is 12.8 Å². The van der Waals surface area contributed by atoms with Gasteiger partial charge in [0.25, 0.3) is 0 Å². The maximum atomic E-state index is 15.0. The average molecular weight is 1110 g/mol. The molecule has 0 rings (SSSR count). The van der Waals surface area contributed by atoms with Crippen LogP contribution in [0.1, 0.15) is 136 Å². The van der Waals surface area contributed by atoms with Crippen LogP contribution in [0, 0.1) is 35.5 Å². The van der Waals surface area contributed by atoms with Gasteiger partial charge in [-0.1, -0.05) is 95.2 Å². The van der Waals surface area contributed by atoms with Gasteiger partial charge < -0.3 is 60.9 Å². The van der Waals surface area contributed by atoms with Gasteiger partial charge in [0.2, 0.25) is 53.2 Å². The van der Waals surface area contributed by atoms with Crippen molar-refractivity contribution in [3.8, 4) is 0 Å². The maximum Gasteiger partial charge on any atom is 0.325 e. The van der Waals surface area contributed by atoms with Gasteiger partial charge in [0, 0.05) is 42.3 Å². The number of methoxy groups -OCH3 is 1. The molecule has 78 heavy (non-hydrogen) atoms. The van der Waals surface area contributed by atoms with Crippen LogP contribution in [0.5, 0.6) is 0 Å². The topological polar surface area (TPSA) is 282 Å². The van der Waals surface area contributed by atoms with Crippen LogP contribution in [-0.2, 0) is 52.7 Å². The second-order valence-corrected chi connectivity index (χ2v) is 23.1. The van der Waals surface area contributed by atoms with E-state index in [9.17, 15) is 53.1 Å². The number of likely N-dealkylation sites (N-methyl/N-ethyl adjacent to an activating group) is 6. The van der Waals surface area contributed by atoms with Crippen LogP contribution in [0.25, 0.3) is 0 Å². The third-order valence-electron chi connectivity index (χ3n) is 14.2. The largest absolute Gasteiger partial charge is 0.468 e. The number of rotatable bonds is 32. The summed E-state index contributed by atoms with van der Waals surface area (Å²) in [5.74, 6) is -7.85. The number of nitrogens with one attached hydrogen (secondary N) is 3. The fourth-order valence-electron chi connectivity index (χ4n) is 9.10. The number of nitrogens with zero attached hydrogens (tertiary/aromatic N) is 6. The zero-order valence-corrected chi connectivity index (χ0v) is 51.3. The van der Waals surface area contributed by atoms with Gasteiger partial charge in [-0.2, -0.15) is 0 Å². The van der Waals surface area contributed by atoms with E-state index in [1.54, 1.807) is 54.5 Å². The monoisotopic (exact) mass is 1110 g/mol. The second-order valence-electron chi connectivity index (χ2n) is 23.1. The van der Waals surface area contributed by atoms with E-state index in [-0.39, 0.29) is 49.5 Å². The van der Waals surface area contributed by atoms with Gasteiger partial charge in [-0.3, -0.25) is 47.9 Å². The molecule has 0 saturated carbocycles. The first-order valence-corrected chi connectivity index (χ1v) is 27.6. The van der Waals surface area contributed by atoms with Crippen LogP contribution < -0.4 is 21.7 Å². The summed E-state index contributed by atoms with van der Waals surface area (Å²) < 4.78 is 4.70. The van der Waals surface area contributed by atoms with Crippen molar-refractivity contribution in [2.24, 2.45) is 41.2 Å². The van der Waals surface area contributed by atoms with Crippen LogP contribution in [-0.4, -0.2) is 210 Å². The molecule has 9 amide bonds. The Hall–Kier alpha value is -5.64. The smallest absolute Gasteiger partial charge is 0.325 e. The lowest BCUT2D eigenvalue weighted by atomic mass is 9.91. The standard InChI is InChI=1S/C56H102N10O12/c1-23-25-26-36(13)47(68)46(50(71)60-39(24-2)52(73)61(16)30-43(67)78-22)66(21)56(77)45(35(11)12)65(20)54(75)42(29-33(7)8)64(19)53(74)41(28-32(5)6)63(18)51(72)38(15)59-48(69)37(14)58-49(70)40(27-31(3)4)62(17)55(76)44(57)34(9)10/h23,25,31-42,44-47,68H,24,26-30,57H2,1-22H3,(H,58,70)(H,59,69)(H,60,71)/b25-23+/t36-,37+,38-,39+,40-,41+,42+,44+,45+,46+,47-/m1/s1. The lowest BCUT2D eigenvalue weighted by Gasteiger charge is -2.41. The number of allylic oxidation sites excluding steroid dienone is 2. The van der Waals surface area contributed by atoms with Gasteiger partial charge in [-0.25, -0.2) is 0 Å². The quantitative estimate of drug-likeness (QED) is 0.0479. The Kier molecular flexibility index (Phi) is 31.3. The summed E-state index contributed by atoms with van der Waals surface area (Å²) in [6, 6.07) is -10.3. The molecule has 0 fully saturated rings. The number of aliphatic hydroxyl groups is 1. The van der Waals surface area contributed by atoms with Crippen molar-refractivity contribution in [3.63, 3.8) is 0 Å². The molecule has 6 N–H and O–H groups in total. The molecule has 0 radical (unpaired) electrons. The van der Waals surface area contributed by atoms with Crippen LogP contribution >= 0.6 is 0 Å². The molecule has 0 spiro atoms. The van der Waals surface area contributed by atoms with Crippen molar-refractivity contribution in [2.45, 2.75) is 196 Å². The third-order valence-corrected chi connectivity index (χ3v) is 14.2. The normalized spacial score (nSPS) is 16.0. The van der Waals surface area contributed by atoms with Crippen LogP contribution in [0.15, 0.2) is 12.2 Å². The SMILES string of the molecule is C/C=C/C[C@@H](C)[C@@H](O)[C@@H](C(=O)N[C@@H](CC)C(=O)N(C)CC(=O)OC)N(C)C(=O)[C@H](C(C)C)N(C)C(=O)[C@H](CC(C)C)N(C)C(=O)[C@H](CC(C)C)N(C)C(=O)[C@@H](C)NC(=O)[C@H](C)NC(=O)[C@@H](CC(C)C)N(C)C(=O)[C@@H](N)C(C)C. The molecular weight excluding hydrogens is 1000 g/mol. The summed E-state index contributed by atoms with van der Waals surface area (Å²) >= 11 is 0. The third kappa shape index (κ3) is 21.2. The fourth-order valence-corrected chi connectivity index (χ4v) is 9.10. The molecule has 0 heterocycles. The van der Waals surface area contributed by atoms with Gasteiger partial charge in [0.15, 0.2) is 0 Å². The van der Waals surface area contributed by atoms with Gasteiger partial charge in [0.05, 0.1) is 19.3 Å². The molecule has 0 aromatic heterocycles. The highest BCUT2D eigenvalue weighted by Gasteiger charge is 2.45. The summed E-state index contributed by atoms with van der Waals surface area (Å²) in [7, 11) is 9.75. The minimum Gasteiger partial charge on any atom is -0.468 e. The number of nitrogens with two attached hydrogens (primary N) is 1. The number of aliphatic hydroxyl groups excluding tert-OH is 1. The highest BCUT2D eigenvalue weighted by Crippen LogP contribution is 2.25. The number of hydrogen-bond acceptors (Lipinski definition) is 13. The molecule has 0 aliphatic rings. The Labute approximate surface area is 466 Å². The van der Waals surface area contributed by atoms with Crippen molar-refractivity contribution < 1.29 is 57.8 Å². The average Bonchev–Trinajstić information content (AvgIpc) is 3.36. The Balaban J connectivity index is 6.97. The van der Waals surface area contributed by atoms with Crippen LogP contribution in [0.2, 0.25) is 0 Å². The molecule has 0 aromatic carbocycles. The minimum absolute atomic E-state index is 0.0103. The second kappa shape index (κ2) is 33.7. The highest BCUT2D eigenvalue weighted by molar-refractivity contribution is 5.98. The molecular formula is C56H102N10O12. The number of esters is 1. The molecule has 0 unspecified atom stereocenters. The first kappa shape index (κ1) is 72.4. The number of carbonyl (C=O) groups is 10. The van der Waals surface area contributed by atoms with E-state index >= 15 is 0 Å². The van der Waals surface area contributed by atoms with Gasteiger partial charge in [-0.15, -0.1) is 0 Å². The number of hydrogen-bond donors (Lipinski definition) is 5. The summed E-state index contributed by atoms with van der Waals surface area (Å²) in [4.78, 5) is 146. The van der Waals surface area contributed by atoms with E-state index in [0.717, 1.165) is 9.80 Å². The van der Waals surface area contributed by atoms with E-state index in [1.165, 1.54) is 82.8 Å². The Morgan fingerprint density at radius 2 is 0.962 bits per heavy atom. The molecule has 0 aliphatic carbocycles. The van der Waals surface area contributed by atoms with Crippen molar-refractivity contribution in [2.75, 3.05) is 55.9 Å². The van der Waals surface area contributed by atoms with Crippen molar-refractivity contribution in [1.29, 1.82) is 0 Å². The Morgan fingerprint density at radius 3 is 1.40 bits per heavy atom. The van der Waals surface area contributed by atoms with E-state index in [1.807, 2.05) is 47.6 Å². The predicted octanol–water partition coefficient (Wildman–Crippen LogP) is 2.40. The lowest BCUT2D eigenvalue weighted by molar-refractivity contribution is -0.157. The van der Waals surface area contributed by atoms with Crippen molar-refractivity contribution in [1.82, 2.24) is 45.3 Å². The van der Waals surface area contributed by atoms with E-state index < -0.39 is 131 Å². The highest BCUT2D eigenvalue weighted by atomic mass is 16.5. The summed E-state index contributed by atoms with van der Waals surface area (Å²) in [6.45, 7) is 26.1. The lowest BCUT2D eigenvalue weighted by Crippen LogP contribution is -2.63. The minimum atomic E-state index is -1.55. The first-order valence-electron chi connectivity index (χ1n) is 27.6. The molecule has 0 saturated heterocycles. The number of carbonyl (C=O) groups excluding carboxylic acids is 10. The molecule has 22 heteroatoms. The summed E-state index contributed by atoms with van der Waals surface area (Å²) in [5, 5.41) is 19.9. The number of amides is 9. The first-order chi connectivity index (χ1) is 36.0. The predicted molar refractivity (Wildman–Crippen MR) is 300 cm³/mol. The van der Waals surface area contributed by atoms with Gasteiger partial charge in [-0.05, 0) is 88.4 Å². The van der Waals surface area contributed by atoms with Crippen LogP contribution in [0.3, 0.4) is 0 Å². The number of ether oxygens (including phenoxy) is 1. The fraction of sp³-hybridized carbons (Fsp3) is 0.786. The Bertz CT molecular complexity index is 2050. The Morgan fingerprint density at radius 1 is 0.526 bits per heavy atom. The van der Waals surface area contributed by atoms with Gasteiger partial charge in [0.1, 0.15) is 54.9 Å². The summed E-state index contributed by atoms with van der Waals surface area (Å²) in [5.41, 5.74) is 6.13. The van der Waals surface area contributed by atoms with Crippen LogP contribution in [0.4, 0.5) is 0 Å². The zero-order chi connectivity index (χ0) is 61.0. The molecule has 0 bridgehead atoms. The zero-order valence-electron chi connectivity index (χ0n) is 51.3. The van der Waals surface area contributed by atoms with Crippen molar-refractivity contribution >= 4 is 59.1 Å². The molecule has 22 nitrogen and oxygen atoms in total. The summed E-state index contributed by atoms with van der Waals surface area (Å²) in [6.07, 6.45) is 3.22. The van der Waals surface area contributed by atoms with E-state index in [4.69, 9.17) is 10.5 Å². The maximum absolute atomic E-state index is 15.0. The molecule has 0 aromatic rings. The molecule has 11 atom stereocenters. The molecule has 0 aliphatic heterocycles. The van der Waals surface area contributed by atoms with Crippen molar-refractivity contribution in [3.05, 3.63) is 12.2 Å². The van der Waals surface area contributed by atoms with E-state index in [2.05, 4.69) is 16.0 Å². The molecule has 448 valence electrons. The van der Waals surface area contributed by atoms with Gasteiger partial charge >= 0.3 is 5.97 Å².